The van der Waals surface area contributed by atoms with Gasteiger partial charge in [-0.1, -0.05) is 13.8 Å². The molecule has 88 valence electrons. The zero-order chi connectivity index (χ0) is 12.9. The Hall–Kier alpha value is 0.283. The third kappa shape index (κ3) is 12.5. The molecular weight excluding hydrogens is 419 g/mol. The van der Waals surface area contributed by atoms with Crippen molar-refractivity contribution in [3.63, 3.8) is 0 Å². The minimum atomic E-state index is -0.145. The molecule has 0 atom stereocenters. The van der Waals surface area contributed by atoms with Gasteiger partial charge in [-0.15, -0.1) is 0 Å². The zero-order valence-corrected chi connectivity index (χ0v) is 15.5. The van der Waals surface area contributed by atoms with Gasteiger partial charge in [0.2, 0.25) is 0 Å². The Morgan fingerprint density at radius 2 is 1.00 bits per heavy atom. The van der Waals surface area contributed by atoms with Crippen molar-refractivity contribution in [1.29, 1.82) is 0 Å². The molecule has 17 heavy (non-hydrogen) atoms. The standard InChI is InChI=1S/2C7H7.2BrH.Zr/c2*1-7-5-3-2-4-6-7;;;/h2*3-6H,1H3;2*1H;/q2*-1;;;+4/p-2. The Morgan fingerprint density at radius 1 is 0.765 bits per heavy atom. The van der Waals surface area contributed by atoms with E-state index < -0.39 is 0 Å². The summed E-state index contributed by atoms with van der Waals surface area (Å²) in [6.45, 7) is 4.13. The van der Waals surface area contributed by atoms with Gasteiger partial charge in [0, 0.05) is 0 Å². The van der Waals surface area contributed by atoms with Gasteiger partial charge in [0.15, 0.2) is 0 Å². The molecule has 0 amide bonds. The van der Waals surface area contributed by atoms with Gasteiger partial charge in [-0.05, 0) is 0 Å². The summed E-state index contributed by atoms with van der Waals surface area (Å²) in [5.41, 5.74) is 2.58. The number of halogens is 2. The van der Waals surface area contributed by atoms with Crippen molar-refractivity contribution in [3.05, 3.63) is 71.8 Å². The third-order valence-corrected chi connectivity index (χ3v) is 1.77. The number of hydrogen-bond donors (Lipinski definition) is 0. The van der Waals surface area contributed by atoms with Crippen LogP contribution in [0.2, 0.25) is 0 Å². The van der Waals surface area contributed by atoms with Gasteiger partial charge in [-0.3, -0.25) is 0 Å². The molecule has 0 aliphatic carbocycles. The topological polar surface area (TPSA) is 0 Å². The van der Waals surface area contributed by atoms with E-state index in [0.717, 1.165) is 0 Å². The first-order valence-corrected chi connectivity index (χ1v) is 16.3. The fourth-order valence-corrected chi connectivity index (χ4v) is 0.940. The SMILES string of the molecule is Cc1cc[c-]cc1.Cc1cc[c-]cc1.[Br][Zr+2][Br]. The maximum atomic E-state index is 3.23. The molecule has 0 saturated heterocycles. The molecule has 0 radical (unpaired) electrons. The summed E-state index contributed by atoms with van der Waals surface area (Å²) < 4.78 is 0. The van der Waals surface area contributed by atoms with Crippen molar-refractivity contribution in [3.8, 4) is 0 Å². The Labute approximate surface area is 127 Å². The van der Waals surface area contributed by atoms with Crippen LogP contribution in [-0.2, 0) is 18.5 Å². The number of aryl methyl sites for hydroxylation is 2. The first kappa shape index (κ1) is 17.3. The number of rotatable bonds is 0. The molecule has 0 fully saturated rings. The molecule has 0 unspecified atom stereocenters. The summed E-state index contributed by atoms with van der Waals surface area (Å²) in [6.07, 6.45) is 0. The summed E-state index contributed by atoms with van der Waals surface area (Å²) in [5, 5.41) is 0. The van der Waals surface area contributed by atoms with E-state index in [9.17, 15) is 0 Å². The van der Waals surface area contributed by atoms with Gasteiger partial charge in [-0.25, -0.2) is 0 Å². The van der Waals surface area contributed by atoms with Crippen LogP contribution in [0.1, 0.15) is 11.1 Å². The summed E-state index contributed by atoms with van der Waals surface area (Å²) >= 11 is 6.32. The van der Waals surface area contributed by atoms with Crippen molar-refractivity contribution in [2.24, 2.45) is 0 Å². The van der Waals surface area contributed by atoms with Gasteiger partial charge < -0.3 is 0 Å². The summed E-state index contributed by atoms with van der Waals surface area (Å²) in [7, 11) is 0. The molecule has 2 rings (SSSR count). The number of benzene rings is 2. The van der Waals surface area contributed by atoms with Crippen molar-refractivity contribution < 1.29 is 18.5 Å². The van der Waals surface area contributed by atoms with Crippen molar-refractivity contribution in [2.75, 3.05) is 0 Å². The fourth-order valence-electron chi connectivity index (χ4n) is 0.940. The van der Waals surface area contributed by atoms with E-state index in [1.807, 2.05) is 48.5 Å². The molecule has 0 aliphatic heterocycles. The van der Waals surface area contributed by atoms with E-state index in [1.54, 1.807) is 0 Å². The summed E-state index contributed by atoms with van der Waals surface area (Å²) in [6, 6.07) is 21.6. The zero-order valence-electron chi connectivity index (χ0n) is 9.87. The van der Waals surface area contributed by atoms with E-state index >= 15 is 0 Å². The van der Waals surface area contributed by atoms with Crippen LogP contribution >= 0.6 is 24.4 Å². The Kier molecular flexibility index (Phi) is 12.9. The predicted octanol–water partition coefficient (Wildman–Crippen LogP) is 5.28. The molecule has 0 aromatic heterocycles. The molecule has 2 aromatic carbocycles. The van der Waals surface area contributed by atoms with Crippen molar-refractivity contribution >= 4 is 24.4 Å². The first-order valence-electron chi connectivity index (χ1n) is 5.02. The van der Waals surface area contributed by atoms with E-state index in [0.29, 0.717) is 0 Å². The predicted molar refractivity (Wildman–Crippen MR) is 77.9 cm³/mol. The molecule has 0 bridgehead atoms. The van der Waals surface area contributed by atoms with Gasteiger partial charge >= 0.3 is 43.0 Å². The van der Waals surface area contributed by atoms with Crippen molar-refractivity contribution in [2.45, 2.75) is 13.8 Å². The van der Waals surface area contributed by atoms with E-state index in [2.05, 4.69) is 50.4 Å². The normalized spacial score (nSPS) is 7.76. The Bertz CT molecular complexity index is 325. The van der Waals surface area contributed by atoms with Crippen molar-refractivity contribution in [1.82, 2.24) is 0 Å². The van der Waals surface area contributed by atoms with E-state index in [1.165, 1.54) is 11.1 Å². The van der Waals surface area contributed by atoms with Crippen LogP contribution in [-0.4, -0.2) is 0 Å². The first-order chi connectivity index (χ1) is 8.20. The van der Waals surface area contributed by atoms with Gasteiger partial charge in [0.1, 0.15) is 0 Å². The van der Waals surface area contributed by atoms with Crippen LogP contribution in [0, 0.1) is 26.0 Å². The Morgan fingerprint density at radius 3 is 1.12 bits per heavy atom. The fraction of sp³-hybridized carbons (Fsp3) is 0.143. The number of hydrogen-bond acceptors (Lipinski definition) is 0. The Balaban J connectivity index is 0.000000247. The quantitative estimate of drug-likeness (QED) is 0.496. The minimum absolute atomic E-state index is 0.145. The average molecular weight is 433 g/mol. The van der Waals surface area contributed by atoms with Crippen LogP contribution in [0.3, 0.4) is 0 Å². The summed E-state index contributed by atoms with van der Waals surface area (Å²) in [5.74, 6) is 0. The van der Waals surface area contributed by atoms with E-state index in [4.69, 9.17) is 0 Å². The van der Waals surface area contributed by atoms with E-state index in [-0.39, 0.29) is 18.5 Å². The van der Waals surface area contributed by atoms with Crippen LogP contribution in [0.15, 0.2) is 48.5 Å². The van der Waals surface area contributed by atoms with Crippen LogP contribution in [0.4, 0.5) is 0 Å². The third-order valence-electron chi connectivity index (χ3n) is 1.77. The molecule has 0 saturated carbocycles. The second-order valence-corrected chi connectivity index (χ2v) is 14.6. The van der Waals surface area contributed by atoms with Crippen LogP contribution in [0.25, 0.3) is 0 Å². The monoisotopic (exact) mass is 430 g/mol. The molecular formula is C14H14Br2Zr. The van der Waals surface area contributed by atoms with Gasteiger partial charge in [-0.2, -0.15) is 71.8 Å². The maximum absolute atomic E-state index is 3.23. The van der Waals surface area contributed by atoms with Crippen LogP contribution in [0.5, 0.6) is 0 Å². The van der Waals surface area contributed by atoms with Crippen LogP contribution < -0.4 is 0 Å². The van der Waals surface area contributed by atoms with Gasteiger partial charge in [0.25, 0.3) is 0 Å². The average Bonchev–Trinajstić information content (AvgIpc) is 2.33. The molecule has 0 nitrogen and oxygen atoms in total. The van der Waals surface area contributed by atoms with Gasteiger partial charge in [0.05, 0.1) is 0 Å². The summed E-state index contributed by atoms with van der Waals surface area (Å²) in [4.78, 5) is 0. The molecule has 0 aliphatic rings. The second kappa shape index (κ2) is 12.7. The molecule has 2 aromatic rings. The molecule has 0 N–H and O–H groups in total. The molecule has 0 spiro atoms. The molecule has 0 heterocycles. The molecule has 3 heteroatoms. The second-order valence-electron chi connectivity index (χ2n) is 3.23.